The van der Waals surface area contributed by atoms with E-state index in [2.05, 4.69) is 4.99 Å². The Morgan fingerprint density at radius 1 is 1.38 bits per heavy atom. The summed E-state index contributed by atoms with van der Waals surface area (Å²) in [5.74, 6) is 0. The molecule has 0 aliphatic heterocycles. The van der Waals surface area contributed by atoms with E-state index in [-0.39, 0.29) is 0 Å². The zero-order valence-corrected chi connectivity index (χ0v) is 7.23. The molecule has 0 saturated heterocycles. The van der Waals surface area contributed by atoms with Crippen LogP contribution in [0.25, 0.3) is 0 Å². The van der Waals surface area contributed by atoms with Gasteiger partial charge in [-0.1, -0.05) is 18.2 Å². The molecule has 0 spiro atoms. The molecule has 5 nitrogen and oxygen atoms in total. The Kier molecular flexibility index (Phi) is 6.58. The number of nitrogens with zero attached hydrogens (tertiary/aromatic N) is 1. The maximum atomic E-state index is 9.68. The second-order valence-electron chi connectivity index (χ2n) is 1.76. The highest BCUT2D eigenvalue weighted by molar-refractivity contribution is 7.73. The highest BCUT2D eigenvalue weighted by Gasteiger charge is 1.79. The first-order valence-electron chi connectivity index (χ1n) is 3.08. The van der Waals surface area contributed by atoms with E-state index in [1.165, 1.54) is 6.08 Å². The minimum absolute atomic E-state index is 0.646. The molecule has 0 aliphatic carbocycles. The van der Waals surface area contributed by atoms with Crippen molar-refractivity contribution in [1.82, 2.24) is 0 Å². The monoisotopic (exact) mass is 200 g/mol. The van der Waals surface area contributed by atoms with Gasteiger partial charge in [0.25, 0.3) is 0 Å². The van der Waals surface area contributed by atoms with Gasteiger partial charge in [0.2, 0.25) is 6.08 Å². The fourth-order valence-electron chi connectivity index (χ4n) is 0.555. The summed E-state index contributed by atoms with van der Waals surface area (Å²) < 4.78 is 24.1. The first kappa shape index (κ1) is 11.7. The molecule has 0 fully saturated rings. The molecule has 0 saturated carbocycles. The number of aliphatic imine (C=N–C) groups is 1. The number of carbonyl (C=O) groups excluding carboxylic acids is 1. The van der Waals surface area contributed by atoms with Crippen molar-refractivity contribution < 1.29 is 18.1 Å². The van der Waals surface area contributed by atoms with Crippen molar-refractivity contribution >= 4 is 23.1 Å². The molecule has 1 aromatic carbocycles. The molecule has 70 valence electrons. The van der Waals surface area contributed by atoms with Gasteiger partial charge in [-0.15, -0.1) is 0 Å². The Morgan fingerprint density at radius 2 is 1.85 bits per heavy atom. The largest absolute Gasteiger partial charge is 0.750 e. The van der Waals surface area contributed by atoms with Crippen LogP contribution in [-0.4, -0.2) is 19.4 Å². The number of benzene rings is 1. The van der Waals surface area contributed by atoms with E-state index in [1.807, 2.05) is 18.2 Å². The normalized spacial score (nSPS) is 10.3. The topological polar surface area (TPSA) is 89.8 Å². The molecule has 13 heavy (non-hydrogen) atoms. The van der Waals surface area contributed by atoms with Crippen LogP contribution in [0.3, 0.4) is 0 Å². The summed E-state index contributed by atoms with van der Waals surface area (Å²) in [6.45, 7) is 0. The molecule has 0 amide bonds. The molecule has 0 bridgehead atoms. The van der Waals surface area contributed by atoms with E-state index >= 15 is 0 Å². The van der Waals surface area contributed by atoms with Gasteiger partial charge in [-0.25, -0.2) is 9.00 Å². The minimum atomic E-state index is -2.86. The quantitative estimate of drug-likeness (QED) is 0.416. The average molecular weight is 200 g/mol. The molecule has 6 heteroatoms. The summed E-state index contributed by atoms with van der Waals surface area (Å²) in [5.41, 5.74) is 0.646. The Balaban J connectivity index is 0.000000310. The van der Waals surface area contributed by atoms with Crippen LogP contribution in [0.2, 0.25) is 0 Å². The number of hydrogen-bond donors (Lipinski definition) is 1. The third-order valence-electron chi connectivity index (χ3n) is 0.931. The van der Waals surface area contributed by atoms with Crippen molar-refractivity contribution in [1.29, 1.82) is 0 Å². The van der Waals surface area contributed by atoms with Crippen molar-refractivity contribution in [3.05, 3.63) is 30.3 Å². The number of para-hydroxylation sites is 1. The van der Waals surface area contributed by atoms with E-state index in [4.69, 9.17) is 13.3 Å². The van der Waals surface area contributed by atoms with Gasteiger partial charge in [-0.05, 0) is 12.1 Å². The predicted molar refractivity (Wildman–Crippen MR) is 45.8 cm³/mol. The highest BCUT2D eigenvalue weighted by atomic mass is 32.2. The molecular formula is C7H6NO4S-. The van der Waals surface area contributed by atoms with Gasteiger partial charge >= 0.3 is 0 Å². The van der Waals surface area contributed by atoms with Crippen molar-refractivity contribution in [3.63, 3.8) is 0 Å². The molecule has 1 N–H and O–H groups in total. The van der Waals surface area contributed by atoms with Crippen LogP contribution in [0.15, 0.2) is 35.3 Å². The zero-order chi connectivity index (χ0) is 10.1. The van der Waals surface area contributed by atoms with E-state index in [0.29, 0.717) is 5.69 Å². The SMILES string of the molecule is O=C=Nc1ccccc1.O=S([O-])O. The van der Waals surface area contributed by atoms with Crippen LogP contribution in [0, 0.1) is 0 Å². The van der Waals surface area contributed by atoms with Crippen LogP contribution in [0.1, 0.15) is 0 Å². The summed E-state index contributed by atoms with van der Waals surface area (Å²) in [6.07, 6.45) is 1.46. The molecule has 0 heterocycles. The van der Waals surface area contributed by atoms with Gasteiger partial charge in [-0.3, -0.25) is 0 Å². The van der Waals surface area contributed by atoms with Gasteiger partial charge in [0, 0.05) is 0 Å². The van der Waals surface area contributed by atoms with Crippen LogP contribution < -0.4 is 0 Å². The molecule has 0 aromatic heterocycles. The van der Waals surface area contributed by atoms with Crippen molar-refractivity contribution in [2.75, 3.05) is 0 Å². The number of isocyanates is 1. The lowest BCUT2D eigenvalue weighted by Gasteiger charge is -1.83. The maximum absolute atomic E-state index is 9.68. The lowest BCUT2D eigenvalue weighted by atomic mass is 10.3. The van der Waals surface area contributed by atoms with Crippen LogP contribution >= 0.6 is 0 Å². The zero-order valence-electron chi connectivity index (χ0n) is 6.41. The standard InChI is InChI=1S/C7H5NO.H2O3S/c9-6-8-7-4-2-1-3-5-7;1-4(2)3/h1-5H;(H2,1,2,3)/p-1. The second-order valence-corrected chi connectivity index (χ2v) is 2.19. The van der Waals surface area contributed by atoms with Gasteiger partial charge in [0.15, 0.2) is 0 Å². The number of rotatable bonds is 1. The maximum Gasteiger partial charge on any atom is 0.240 e. The molecule has 0 radical (unpaired) electrons. The highest BCUT2D eigenvalue weighted by Crippen LogP contribution is 2.06. The van der Waals surface area contributed by atoms with Crippen molar-refractivity contribution in [2.24, 2.45) is 4.99 Å². The van der Waals surface area contributed by atoms with Crippen LogP contribution in [-0.2, 0) is 16.2 Å². The molecule has 1 aromatic rings. The minimum Gasteiger partial charge on any atom is -0.750 e. The van der Waals surface area contributed by atoms with Crippen molar-refractivity contribution in [3.8, 4) is 0 Å². The van der Waals surface area contributed by atoms with Gasteiger partial charge in [0.05, 0.1) is 17.0 Å². The van der Waals surface area contributed by atoms with Crippen LogP contribution in [0.5, 0.6) is 0 Å². The summed E-state index contributed by atoms with van der Waals surface area (Å²) >= 11 is -2.86. The van der Waals surface area contributed by atoms with Gasteiger partial charge < -0.3 is 9.11 Å². The third kappa shape index (κ3) is 8.58. The summed E-state index contributed by atoms with van der Waals surface area (Å²) in [4.78, 5) is 13.1. The van der Waals surface area contributed by atoms with Crippen molar-refractivity contribution in [2.45, 2.75) is 0 Å². The fraction of sp³-hybridized carbons (Fsp3) is 0. The Morgan fingerprint density at radius 3 is 2.23 bits per heavy atom. The average Bonchev–Trinajstić information content (AvgIpc) is 2.06. The molecule has 1 atom stereocenters. The lowest BCUT2D eigenvalue weighted by molar-refractivity contribution is 0.436. The predicted octanol–water partition coefficient (Wildman–Crippen LogP) is 0.992. The summed E-state index contributed by atoms with van der Waals surface area (Å²) in [6, 6.07) is 8.98. The summed E-state index contributed by atoms with van der Waals surface area (Å²) in [5, 5.41) is 0. The smallest absolute Gasteiger partial charge is 0.240 e. The Hall–Kier alpha value is -1.33. The number of hydrogen-bond acceptors (Lipinski definition) is 4. The van der Waals surface area contributed by atoms with E-state index in [1.54, 1.807) is 12.1 Å². The van der Waals surface area contributed by atoms with E-state index in [9.17, 15) is 4.79 Å². The molecule has 0 aliphatic rings. The Bertz CT molecular complexity index is 304. The van der Waals surface area contributed by atoms with E-state index in [0.717, 1.165) is 0 Å². The third-order valence-corrected chi connectivity index (χ3v) is 0.931. The molecule has 1 unspecified atom stereocenters. The first-order chi connectivity index (χ1) is 6.16. The second kappa shape index (κ2) is 7.33. The van der Waals surface area contributed by atoms with Crippen LogP contribution in [0.4, 0.5) is 5.69 Å². The summed E-state index contributed by atoms with van der Waals surface area (Å²) in [7, 11) is 0. The fourth-order valence-corrected chi connectivity index (χ4v) is 0.555. The van der Waals surface area contributed by atoms with E-state index < -0.39 is 11.4 Å². The molecular weight excluding hydrogens is 194 g/mol. The lowest BCUT2D eigenvalue weighted by Crippen LogP contribution is -1.75. The van der Waals surface area contributed by atoms with Gasteiger partial charge in [-0.2, -0.15) is 4.99 Å². The van der Waals surface area contributed by atoms with Gasteiger partial charge in [0.1, 0.15) is 0 Å². The molecule has 1 rings (SSSR count). The Labute approximate surface area is 77.2 Å². The first-order valence-corrected chi connectivity index (χ1v) is 4.11.